The highest BCUT2D eigenvalue weighted by atomic mass is 127. The molecule has 3 N–H and O–H groups in total. The summed E-state index contributed by atoms with van der Waals surface area (Å²) in [5.74, 6) is -8.45. The molecule has 0 bridgehead atoms. The van der Waals surface area contributed by atoms with E-state index in [9.17, 15) is 32.7 Å². The third-order valence-electron chi connectivity index (χ3n) is 10.9. The van der Waals surface area contributed by atoms with E-state index in [1.807, 2.05) is 34.7 Å². The van der Waals surface area contributed by atoms with Crippen LogP contribution in [0.2, 0.25) is 0 Å². The summed E-state index contributed by atoms with van der Waals surface area (Å²) in [6.07, 6.45) is -4.58. The van der Waals surface area contributed by atoms with Crippen LogP contribution in [-0.4, -0.2) is 127 Å². The predicted octanol–water partition coefficient (Wildman–Crippen LogP) is 6.15. The van der Waals surface area contributed by atoms with Gasteiger partial charge in [0.25, 0.3) is 17.7 Å². The van der Waals surface area contributed by atoms with E-state index < -0.39 is 78.7 Å². The summed E-state index contributed by atoms with van der Waals surface area (Å²) in [6.45, 7) is 6.38. The molecule has 4 fully saturated rings. The van der Waals surface area contributed by atoms with Crippen molar-refractivity contribution in [2.45, 2.75) is 101 Å². The molecule has 8 heterocycles. The van der Waals surface area contributed by atoms with Gasteiger partial charge >= 0.3 is 6.18 Å². The van der Waals surface area contributed by atoms with E-state index in [-0.39, 0.29) is 27.9 Å². The quantitative estimate of drug-likeness (QED) is 0.0880. The molecule has 2 amide bonds. The number of carbonyl (C=O) groups is 3. The summed E-state index contributed by atoms with van der Waals surface area (Å²) < 4.78 is 101. The maximum Gasteiger partial charge on any atom is 0.449 e. The van der Waals surface area contributed by atoms with Gasteiger partial charge in [0, 0.05) is 18.1 Å². The molecule has 4 aromatic heterocycles. The number of nitrogens with zero attached hydrogens (tertiary/aromatic N) is 8. The van der Waals surface area contributed by atoms with Crippen molar-refractivity contribution in [2.75, 3.05) is 21.7 Å². The number of ketones is 1. The van der Waals surface area contributed by atoms with E-state index in [4.69, 9.17) is 28.4 Å². The minimum absolute atomic E-state index is 0.0713. The lowest BCUT2D eigenvalue weighted by atomic mass is 10.1. The molecule has 2 aromatic carbocycles. The van der Waals surface area contributed by atoms with Crippen LogP contribution in [0.25, 0.3) is 22.3 Å². The number of aliphatic hydroxyl groups excluding tert-OH is 1. The Morgan fingerprint density at radius 1 is 0.652 bits per heavy atom. The van der Waals surface area contributed by atoms with Crippen molar-refractivity contribution < 1.29 is 69.9 Å². The molecule has 4 aliphatic heterocycles. The zero-order valence-corrected chi connectivity index (χ0v) is 39.1. The lowest BCUT2D eigenvalue weighted by Crippen LogP contribution is -2.42. The molecule has 6 aromatic rings. The minimum Gasteiger partial charge on any atom is -0.390 e. The van der Waals surface area contributed by atoms with Crippen molar-refractivity contribution in [2.24, 2.45) is 0 Å². The molecular formula is C43H42F5IN10O10. The lowest BCUT2D eigenvalue weighted by molar-refractivity contribution is -0.264. The Kier molecular flexibility index (Phi) is 13.6. The van der Waals surface area contributed by atoms with Crippen LogP contribution in [0.3, 0.4) is 0 Å². The monoisotopic (exact) mass is 1080 g/mol. The fourth-order valence-corrected chi connectivity index (χ4v) is 8.41. The summed E-state index contributed by atoms with van der Waals surface area (Å²) >= 11 is 1.93. The minimum atomic E-state index is -4.64. The van der Waals surface area contributed by atoms with Crippen molar-refractivity contribution in [1.82, 2.24) is 39.0 Å². The number of hydrogen-bond acceptors (Lipinski definition) is 16. The van der Waals surface area contributed by atoms with Gasteiger partial charge in [0.1, 0.15) is 31.5 Å². The highest BCUT2D eigenvalue weighted by molar-refractivity contribution is 14.1. The van der Waals surface area contributed by atoms with E-state index >= 15 is 8.78 Å². The molecule has 366 valence electrons. The number of anilines is 2. The topological polar surface area (TPSA) is 238 Å². The van der Waals surface area contributed by atoms with Crippen LogP contribution in [0.15, 0.2) is 86.0 Å². The molecule has 4 aliphatic rings. The molecule has 8 atom stereocenters. The van der Waals surface area contributed by atoms with Gasteiger partial charge in [-0.3, -0.25) is 23.5 Å². The van der Waals surface area contributed by atoms with Crippen LogP contribution in [0.4, 0.5) is 33.6 Å². The number of imidazole rings is 2. The van der Waals surface area contributed by atoms with Crippen molar-refractivity contribution in [3.63, 3.8) is 0 Å². The van der Waals surface area contributed by atoms with Crippen LogP contribution in [0.5, 0.6) is 0 Å². The van der Waals surface area contributed by atoms with Gasteiger partial charge in [-0.1, -0.05) is 59.0 Å². The van der Waals surface area contributed by atoms with Gasteiger partial charge in [0.05, 0.1) is 17.1 Å². The number of Topliss-reactive ketones (excluding diaryl/α,β-unsaturated/α-hetero) is 1. The van der Waals surface area contributed by atoms with Gasteiger partial charge in [-0.05, 0) is 52.0 Å². The summed E-state index contributed by atoms with van der Waals surface area (Å²) in [5.41, 5.74) is 2.28. The summed E-state index contributed by atoms with van der Waals surface area (Å²) in [7, 11) is 0. The fourth-order valence-electron chi connectivity index (χ4n) is 7.79. The number of benzene rings is 2. The normalized spacial score (nSPS) is 27.4. The van der Waals surface area contributed by atoms with E-state index in [1.54, 1.807) is 80.8 Å². The third kappa shape index (κ3) is 10.0. The number of nitrogens with one attached hydrogen (secondary N) is 2. The van der Waals surface area contributed by atoms with Crippen molar-refractivity contribution >= 4 is 74.2 Å². The number of fused-ring (bicyclic) bond motifs is 4. The number of carbonyl (C=O) groups excluding carboxylic acids is 3. The fraction of sp³-hybridized carbons (Fsp3) is 0.419. The van der Waals surface area contributed by atoms with Crippen LogP contribution in [0.1, 0.15) is 67.8 Å². The van der Waals surface area contributed by atoms with E-state index in [2.05, 4.69) is 40.5 Å². The molecule has 10 rings (SSSR count). The molecule has 0 saturated carbocycles. The number of aromatic nitrogens is 8. The van der Waals surface area contributed by atoms with Gasteiger partial charge in [-0.15, -0.1) is 0 Å². The van der Waals surface area contributed by atoms with Gasteiger partial charge < -0.3 is 44.2 Å². The number of rotatable bonds is 8. The molecule has 69 heavy (non-hydrogen) atoms. The number of halogens is 6. The van der Waals surface area contributed by atoms with E-state index in [0.29, 0.717) is 40.4 Å². The Morgan fingerprint density at radius 2 is 1.04 bits per heavy atom. The Bertz CT molecular complexity index is 2680. The molecule has 0 radical (unpaired) electrons. The van der Waals surface area contributed by atoms with Gasteiger partial charge in [-0.2, -0.15) is 13.2 Å². The van der Waals surface area contributed by atoms with E-state index in [1.165, 1.54) is 29.9 Å². The Balaban J connectivity index is 0.000000164. The van der Waals surface area contributed by atoms with Crippen molar-refractivity contribution in [1.29, 1.82) is 0 Å². The smallest absolute Gasteiger partial charge is 0.390 e. The molecule has 26 heteroatoms. The second-order valence-electron chi connectivity index (χ2n) is 16.7. The second-order valence-corrected chi connectivity index (χ2v) is 17.5. The highest BCUT2D eigenvalue weighted by Gasteiger charge is 2.65. The van der Waals surface area contributed by atoms with Gasteiger partial charge in [0.2, 0.25) is 11.6 Å². The van der Waals surface area contributed by atoms with Crippen molar-refractivity contribution in [3.05, 3.63) is 97.1 Å². The number of aliphatic hydroxyl groups is 1. The average Bonchev–Trinajstić information content (AvgIpc) is 4.17. The van der Waals surface area contributed by atoms with E-state index in [0.717, 1.165) is 0 Å². The molecule has 2 unspecified atom stereocenters. The molecule has 0 aliphatic carbocycles. The number of amides is 2. The first kappa shape index (κ1) is 49.7. The Labute approximate surface area is 401 Å². The summed E-state index contributed by atoms with van der Waals surface area (Å²) in [5, 5.41) is 15.1. The number of alkyl halides is 6. The Hall–Kier alpha value is -5.75. The summed E-state index contributed by atoms with van der Waals surface area (Å²) in [6, 6.07) is 17.4. The number of ether oxygens (including phenoxy) is 6. The van der Waals surface area contributed by atoms with Gasteiger partial charge in [-0.25, -0.2) is 38.7 Å². The van der Waals surface area contributed by atoms with Crippen LogP contribution >= 0.6 is 22.6 Å². The molecule has 20 nitrogen and oxygen atoms in total. The van der Waals surface area contributed by atoms with Crippen LogP contribution in [0, 0.1) is 0 Å². The first-order valence-electron chi connectivity index (χ1n) is 20.8. The zero-order valence-electron chi connectivity index (χ0n) is 36.9. The first-order chi connectivity index (χ1) is 32.6. The summed E-state index contributed by atoms with van der Waals surface area (Å²) in [4.78, 5) is 59.9. The SMILES string of the molecule is CC(=O)C(F)(F)F.CC1(C)OC2[C@H](n3cnc4c(NC(=O)c5ccccc5)ncnc43)O[C@](F)(CI)[C@@H]2O1.CC1(C)OC2[C@H](n3cnc4c(NC(=O)c5ccccc5)ncnc43)O[C@](F)(CO)[C@@H]2O1. The van der Waals surface area contributed by atoms with Gasteiger partial charge in [0.15, 0.2) is 70.2 Å². The first-order valence-corrected chi connectivity index (χ1v) is 22.4. The van der Waals surface area contributed by atoms with Crippen molar-refractivity contribution in [3.8, 4) is 0 Å². The molecular weight excluding hydrogens is 1040 g/mol. The average molecular weight is 1080 g/mol. The van der Waals surface area contributed by atoms with Crippen LogP contribution < -0.4 is 10.6 Å². The lowest BCUT2D eigenvalue weighted by Gasteiger charge is -2.27. The molecule has 4 saturated heterocycles. The van der Waals surface area contributed by atoms with Crippen LogP contribution in [-0.2, 0) is 33.2 Å². The standard InChI is InChI=1S/C20H19FIN5O4.C20H20FN5O5.C3H3F3O/c1-19(2)29-13-14(30-19)20(21,8-22)31-18(13)27-10-25-12-15(23-9-24-16(12)27)26-17(28)11-6-4-3-5-7-11;1-19(2)29-13-14(30-19)20(21,8-27)31-18(13)26-10-24-12-15(22-9-23-16(12)26)25-17(28)11-6-4-3-5-7-11;1-2(7)3(4,5)6/h3-7,9-10,13-14,18H,8H2,1-2H3,(H,23,24,26,28);3-7,9-10,13-14,18,27H,8H2,1-2H3,(H,22,23,25,28);1H3/t2*13?,14-,18-,20-;/m11./s1. The maximum atomic E-state index is 15.5. The molecule has 0 spiro atoms. The number of hydrogen-bond donors (Lipinski definition) is 3. The largest absolute Gasteiger partial charge is 0.449 e. The third-order valence-corrected chi connectivity index (χ3v) is 11.9. The maximum absolute atomic E-state index is 15.5. The zero-order chi connectivity index (χ0) is 49.7. The predicted molar refractivity (Wildman–Crippen MR) is 238 cm³/mol. The second kappa shape index (κ2) is 18.9. The highest BCUT2D eigenvalue weighted by Crippen LogP contribution is 2.51. The Morgan fingerprint density at radius 3 is 1.42 bits per heavy atom.